The number of amides is 1. The number of ether oxygens (including phenoxy) is 2. The molecule has 1 amide bonds. The van der Waals surface area contributed by atoms with Crippen LogP contribution in [0, 0.1) is 5.41 Å². The van der Waals surface area contributed by atoms with Crippen molar-refractivity contribution in [3.63, 3.8) is 0 Å². The normalized spacial score (nSPS) is 21.4. The quantitative estimate of drug-likeness (QED) is 0.697. The fourth-order valence-corrected chi connectivity index (χ4v) is 2.08. The Balaban J connectivity index is 2.73. The van der Waals surface area contributed by atoms with Gasteiger partial charge in [0, 0.05) is 20.1 Å². The van der Waals surface area contributed by atoms with E-state index in [4.69, 9.17) is 9.47 Å². The Morgan fingerprint density at radius 1 is 1.50 bits per heavy atom. The van der Waals surface area contributed by atoms with Crippen molar-refractivity contribution in [1.82, 2.24) is 10.2 Å². The van der Waals surface area contributed by atoms with Crippen LogP contribution in [0.2, 0.25) is 0 Å². The van der Waals surface area contributed by atoms with Gasteiger partial charge < -0.3 is 14.8 Å². The molecule has 0 aromatic rings. The maximum atomic E-state index is 11.8. The van der Waals surface area contributed by atoms with Crippen LogP contribution in [0.5, 0.6) is 0 Å². The van der Waals surface area contributed by atoms with E-state index in [0.29, 0.717) is 26.3 Å². The van der Waals surface area contributed by atoms with Crippen LogP contribution in [0.1, 0.15) is 13.8 Å². The van der Waals surface area contributed by atoms with Gasteiger partial charge in [0.05, 0.1) is 25.7 Å². The minimum absolute atomic E-state index is 0.0876. The van der Waals surface area contributed by atoms with Crippen molar-refractivity contribution in [2.24, 2.45) is 5.41 Å². The zero-order valence-corrected chi connectivity index (χ0v) is 11.5. The molecule has 18 heavy (non-hydrogen) atoms. The van der Waals surface area contributed by atoms with E-state index in [1.807, 2.05) is 18.7 Å². The fraction of sp³-hybridized carbons (Fsp3) is 0.833. The molecule has 1 unspecified atom stereocenters. The van der Waals surface area contributed by atoms with Gasteiger partial charge in [0.2, 0.25) is 5.91 Å². The third-order valence-corrected chi connectivity index (χ3v) is 3.12. The predicted molar refractivity (Wildman–Crippen MR) is 66.0 cm³/mol. The van der Waals surface area contributed by atoms with Gasteiger partial charge in [-0.1, -0.05) is 0 Å². The van der Waals surface area contributed by atoms with E-state index in [1.54, 1.807) is 7.05 Å². The lowest BCUT2D eigenvalue weighted by Gasteiger charge is -2.38. The van der Waals surface area contributed by atoms with Crippen molar-refractivity contribution in [1.29, 1.82) is 0 Å². The maximum absolute atomic E-state index is 11.8. The summed E-state index contributed by atoms with van der Waals surface area (Å²) >= 11 is 0. The smallest absolute Gasteiger partial charge is 0.312 e. The lowest BCUT2D eigenvalue weighted by molar-refractivity contribution is -0.154. The van der Waals surface area contributed by atoms with E-state index in [1.165, 1.54) is 7.11 Å². The van der Waals surface area contributed by atoms with E-state index >= 15 is 0 Å². The fourth-order valence-electron chi connectivity index (χ4n) is 2.08. The van der Waals surface area contributed by atoms with Gasteiger partial charge in [-0.2, -0.15) is 0 Å². The first-order valence-electron chi connectivity index (χ1n) is 6.04. The van der Waals surface area contributed by atoms with Gasteiger partial charge in [-0.3, -0.25) is 14.5 Å². The summed E-state index contributed by atoms with van der Waals surface area (Å²) in [6.45, 7) is 5.67. The van der Waals surface area contributed by atoms with Gasteiger partial charge in [0.25, 0.3) is 0 Å². The highest BCUT2D eigenvalue weighted by Gasteiger charge is 2.37. The van der Waals surface area contributed by atoms with Crippen LogP contribution in [0.4, 0.5) is 0 Å². The number of morpholine rings is 1. The zero-order chi connectivity index (χ0) is 13.8. The summed E-state index contributed by atoms with van der Waals surface area (Å²) in [5.41, 5.74) is -0.641. The minimum atomic E-state index is -0.641. The third-order valence-electron chi connectivity index (χ3n) is 3.12. The number of nitrogens with zero attached hydrogens (tertiary/aromatic N) is 1. The number of hydrogen-bond donors (Lipinski definition) is 1. The van der Waals surface area contributed by atoms with Crippen LogP contribution < -0.4 is 5.32 Å². The first kappa shape index (κ1) is 14.9. The largest absolute Gasteiger partial charge is 0.469 e. The predicted octanol–water partition coefficient (Wildman–Crippen LogP) is -0.368. The van der Waals surface area contributed by atoms with Crippen LogP contribution in [-0.2, 0) is 19.1 Å². The number of hydrogen-bond acceptors (Lipinski definition) is 5. The van der Waals surface area contributed by atoms with E-state index < -0.39 is 5.41 Å². The van der Waals surface area contributed by atoms with Crippen molar-refractivity contribution in [2.45, 2.75) is 19.9 Å². The molecule has 1 fully saturated rings. The highest BCUT2D eigenvalue weighted by Crippen LogP contribution is 2.21. The van der Waals surface area contributed by atoms with Gasteiger partial charge >= 0.3 is 5.97 Å². The second-order valence-corrected chi connectivity index (χ2v) is 5.05. The molecule has 0 aliphatic carbocycles. The Labute approximate surface area is 108 Å². The topological polar surface area (TPSA) is 67.9 Å². The summed E-state index contributed by atoms with van der Waals surface area (Å²) in [6, 6.07) is -0.340. The molecular formula is C12H22N2O4. The molecule has 0 aromatic carbocycles. The van der Waals surface area contributed by atoms with Crippen molar-refractivity contribution in [2.75, 3.05) is 40.5 Å². The Bertz CT molecular complexity index is 317. The van der Waals surface area contributed by atoms with Crippen LogP contribution in [0.3, 0.4) is 0 Å². The van der Waals surface area contributed by atoms with Gasteiger partial charge in [0.15, 0.2) is 0 Å². The van der Waals surface area contributed by atoms with Crippen LogP contribution in [0.25, 0.3) is 0 Å². The molecule has 1 aliphatic rings. The third kappa shape index (κ3) is 3.43. The van der Waals surface area contributed by atoms with E-state index in [9.17, 15) is 9.59 Å². The second-order valence-electron chi connectivity index (χ2n) is 5.05. The molecule has 0 radical (unpaired) electrons. The Morgan fingerprint density at radius 2 is 2.17 bits per heavy atom. The first-order valence-corrected chi connectivity index (χ1v) is 6.04. The number of nitrogens with one attached hydrogen (secondary N) is 1. The number of methoxy groups -OCH3 is 1. The first-order chi connectivity index (χ1) is 8.42. The van der Waals surface area contributed by atoms with Crippen molar-refractivity contribution in [3.8, 4) is 0 Å². The summed E-state index contributed by atoms with van der Waals surface area (Å²) in [7, 11) is 2.97. The zero-order valence-electron chi connectivity index (χ0n) is 11.5. The Hall–Kier alpha value is -1.14. The molecule has 104 valence electrons. The van der Waals surface area contributed by atoms with Crippen LogP contribution in [-0.4, -0.2) is 63.3 Å². The standard InChI is InChI=1S/C12H22N2O4/c1-12(2,11(16)17-4)8-14-5-6-18-7-9(14)10(15)13-3/h9H,5-8H2,1-4H3,(H,13,15). The summed E-state index contributed by atoms with van der Waals surface area (Å²) in [6.07, 6.45) is 0. The highest BCUT2D eigenvalue weighted by atomic mass is 16.5. The lowest BCUT2D eigenvalue weighted by atomic mass is 9.92. The van der Waals surface area contributed by atoms with E-state index in [-0.39, 0.29) is 17.9 Å². The summed E-state index contributed by atoms with van der Waals surface area (Å²) in [4.78, 5) is 25.4. The monoisotopic (exact) mass is 258 g/mol. The molecule has 6 heteroatoms. The molecular weight excluding hydrogens is 236 g/mol. The molecule has 1 rings (SSSR count). The van der Waals surface area contributed by atoms with Crippen molar-refractivity contribution >= 4 is 11.9 Å². The Kier molecular flexibility index (Phi) is 5.10. The number of likely N-dealkylation sites (N-methyl/N-ethyl adjacent to an activating group) is 1. The van der Waals surface area contributed by atoms with E-state index in [2.05, 4.69) is 5.32 Å². The molecule has 1 atom stereocenters. The average Bonchev–Trinajstić information content (AvgIpc) is 2.37. The average molecular weight is 258 g/mol. The van der Waals surface area contributed by atoms with Crippen LogP contribution in [0.15, 0.2) is 0 Å². The second kappa shape index (κ2) is 6.15. The molecule has 1 aliphatic heterocycles. The Morgan fingerprint density at radius 3 is 2.72 bits per heavy atom. The molecule has 0 spiro atoms. The van der Waals surface area contributed by atoms with Gasteiger partial charge in [0.1, 0.15) is 6.04 Å². The van der Waals surface area contributed by atoms with Crippen molar-refractivity contribution in [3.05, 3.63) is 0 Å². The highest BCUT2D eigenvalue weighted by molar-refractivity contribution is 5.82. The van der Waals surface area contributed by atoms with E-state index in [0.717, 1.165) is 0 Å². The molecule has 0 saturated carbocycles. The maximum Gasteiger partial charge on any atom is 0.312 e. The minimum Gasteiger partial charge on any atom is -0.469 e. The lowest BCUT2D eigenvalue weighted by Crippen LogP contribution is -2.56. The number of carbonyl (C=O) groups is 2. The molecule has 1 N–H and O–H groups in total. The number of rotatable bonds is 4. The molecule has 0 bridgehead atoms. The molecule has 1 saturated heterocycles. The molecule has 0 aromatic heterocycles. The van der Waals surface area contributed by atoms with Gasteiger partial charge in [-0.25, -0.2) is 0 Å². The van der Waals surface area contributed by atoms with Gasteiger partial charge in [-0.15, -0.1) is 0 Å². The summed E-state index contributed by atoms with van der Waals surface area (Å²) in [5.74, 6) is -0.361. The molecule has 6 nitrogen and oxygen atoms in total. The number of carbonyl (C=O) groups excluding carboxylic acids is 2. The molecule has 1 heterocycles. The van der Waals surface area contributed by atoms with Gasteiger partial charge in [-0.05, 0) is 13.8 Å². The SMILES string of the molecule is CNC(=O)C1COCCN1CC(C)(C)C(=O)OC. The van der Waals surface area contributed by atoms with Crippen molar-refractivity contribution < 1.29 is 19.1 Å². The summed E-state index contributed by atoms with van der Waals surface area (Å²) < 4.78 is 10.1. The van der Waals surface area contributed by atoms with Crippen LogP contribution >= 0.6 is 0 Å². The summed E-state index contributed by atoms with van der Waals surface area (Å²) in [5, 5.41) is 2.62. The number of esters is 1.